The Hall–Kier alpha value is -3.22. The maximum absolute atomic E-state index is 13.1. The average molecular weight is 377 g/mol. The van der Waals surface area contributed by atoms with Crippen LogP contribution in [0.3, 0.4) is 0 Å². The Balaban J connectivity index is 1.75. The van der Waals surface area contributed by atoms with Crippen LogP contribution in [0.25, 0.3) is 5.95 Å². The van der Waals surface area contributed by atoms with Crippen LogP contribution in [-0.2, 0) is 24.2 Å². The van der Waals surface area contributed by atoms with Crippen molar-refractivity contribution in [3.8, 4) is 5.95 Å². The third kappa shape index (κ3) is 3.13. The third-order valence-electron chi connectivity index (χ3n) is 5.08. The van der Waals surface area contributed by atoms with Crippen molar-refractivity contribution in [2.75, 3.05) is 11.4 Å². The van der Waals surface area contributed by atoms with Crippen LogP contribution in [0.15, 0.2) is 41.2 Å². The zero-order chi connectivity index (χ0) is 19.8. The molecule has 0 N–H and O–H groups in total. The largest absolute Gasteiger partial charge is 0.310 e. The molecule has 0 spiro atoms. The van der Waals surface area contributed by atoms with Gasteiger partial charge in [-0.2, -0.15) is 5.10 Å². The summed E-state index contributed by atoms with van der Waals surface area (Å²) in [7, 11) is 0. The first-order valence-electron chi connectivity index (χ1n) is 9.50. The van der Waals surface area contributed by atoms with Crippen LogP contribution in [0.5, 0.6) is 0 Å². The Bertz CT molecular complexity index is 1110. The topological polar surface area (TPSA) is 73.0 Å². The predicted molar refractivity (Wildman–Crippen MR) is 107 cm³/mol. The Morgan fingerprint density at radius 2 is 1.96 bits per heavy atom. The van der Waals surface area contributed by atoms with Gasteiger partial charge in [0.2, 0.25) is 11.9 Å². The fourth-order valence-corrected chi connectivity index (χ4v) is 3.68. The molecule has 1 aliphatic heterocycles. The van der Waals surface area contributed by atoms with Gasteiger partial charge in [-0.3, -0.25) is 14.2 Å². The van der Waals surface area contributed by atoms with Crippen molar-refractivity contribution in [3.63, 3.8) is 0 Å². The molecule has 1 aromatic carbocycles. The highest BCUT2D eigenvalue weighted by Crippen LogP contribution is 2.27. The number of nitrogens with zero attached hydrogens (tertiary/aromatic N) is 5. The Kier molecular flexibility index (Phi) is 4.58. The van der Waals surface area contributed by atoms with Gasteiger partial charge < -0.3 is 4.90 Å². The van der Waals surface area contributed by atoms with E-state index in [0.29, 0.717) is 24.6 Å². The van der Waals surface area contributed by atoms with E-state index in [0.717, 1.165) is 29.1 Å². The van der Waals surface area contributed by atoms with E-state index in [9.17, 15) is 9.59 Å². The highest BCUT2D eigenvalue weighted by molar-refractivity contribution is 5.95. The number of aromatic nitrogens is 4. The molecule has 2 aromatic heterocycles. The predicted octanol–water partition coefficient (Wildman–Crippen LogP) is 2.20. The lowest BCUT2D eigenvalue weighted by Crippen LogP contribution is -2.37. The Morgan fingerprint density at radius 3 is 2.68 bits per heavy atom. The number of hydrogen-bond acceptors (Lipinski definition) is 4. The van der Waals surface area contributed by atoms with Crippen molar-refractivity contribution < 1.29 is 4.79 Å². The molecule has 0 radical (unpaired) electrons. The van der Waals surface area contributed by atoms with Gasteiger partial charge in [-0.05, 0) is 44.4 Å². The fourth-order valence-electron chi connectivity index (χ4n) is 3.68. The molecule has 1 aliphatic rings. The lowest BCUT2D eigenvalue weighted by molar-refractivity contribution is -0.119. The fraction of sp³-hybridized carbons (Fsp3) is 0.333. The summed E-state index contributed by atoms with van der Waals surface area (Å²) in [6, 6.07) is 11.3. The Labute approximate surface area is 163 Å². The molecule has 144 valence electrons. The highest BCUT2D eigenvalue weighted by Gasteiger charge is 2.26. The normalized spacial score (nSPS) is 13.0. The van der Waals surface area contributed by atoms with E-state index in [1.165, 1.54) is 10.6 Å². The smallest absolute Gasteiger partial charge is 0.255 e. The monoisotopic (exact) mass is 377 g/mol. The maximum Gasteiger partial charge on any atom is 0.255 e. The first kappa shape index (κ1) is 18.2. The minimum atomic E-state index is -0.241. The zero-order valence-corrected chi connectivity index (χ0v) is 16.3. The van der Waals surface area contributed by atoms with Gasteiger partial charge in [0.1, 0.15) is 6.54 Å². The molecule has 3 heterocycles. The molecule has 7 nitrogen and oxygen atoms in total. The van der Waals surface area contributed by atoms with Crippen LogP contribution >= 0.6 is 0 Å². The lowest BCUT2D eigenvalue weighted by atomic mass is 10.2. The van der Waals surface area contributed by atoms with E-state index in [-0.39, 0.29) is 18.0 Å². The van der Waals surface area contributed by atoms with Crippen LogP contribution in [-0.4, -0.2) is 31.8 Å². The molecule has 1 amide bonds. The average Bonchev–Trinajstić information content (AvgIpc) is 3.25. The van der Waals surface area contributed by atoms with Crippen molar-refractivity contribution in [1.82, 2.24) is 19.3 Å². The second-order valence-electron chi connectivity index (χ2n) is 7.09. The second kappa shape index (κ2) is 7.07. The first-order chi connectivity index (χ1) is 13.5. The van der Waals surface area contributed by atoms with E-state index in [2.05, 4.69) is 10.1 Å². The number of carbonyl (C=O) groups excluding carboxylic acids is 1. The first-order valence-corrected chi connectivity index (χ1v) is 9.50. The molecule has 28 heavy (non-hydrogen) atoms. The van der Waals surface area contributed by atoms with Gasteiger partial charge in [-0.25, -0.2) is 9.67 Å². The number of fused-ring (bicyclic) bond motifs is 1. The number of carbonyl (C=O) groups is 1. The van der Waals surface area contributed by atoms with E-state index in [1.54, 1.807) is 9.58 Å². The van der Waals surface area contributed by atoms with Crippen LogP contribution in [0.4, 0.5) is 5.69 Å². The van der Waals surface area contributed by atoms with Crippen LogP contribution in [0, 0.1) is 13.8 Å². The van der Waals surface area contributed by atoms with Crippen molar-refractivity contribution >= 4 is 11.6 Å². The summed E-state index contributed by atoms with van der Waals surface area (Å²) < 4.78 is 3.06. The van der Waals surface area contributed by atoms with Crippen molar-refractivity contribution in [2.24, 2.45) is 0 Å². The molecule has 0 saturated carbocycles. The number of aryl methyl sites for hydroxylation is 3. The number of amides is 1. The molecular formula is C21H23N5O2. The summed E-state index contributed by atoms with van der Waals surface area (Å²) in [6.45, 7) is 6.31. The molecular weight excluding hydrogens is 354 g/mol. The molecule has 0 unspecified atom stereocenters. The molecule has 0 atom stereocenters. The summed E-state index contributed by atoms with van der Waals surface area (Å²) in [4.78, 5) is 32.2. The third-order valence-corrected chi connectivity index (χ3v) is 5.08. The zero-order valence-electron chi connectivity index (χ0n) is 16.3. The second-order valence-corrected chi connectivity index (χ2v) is 7.09. The summed E-state index contributed by atoms with van der Waals surface area (Å²) >= 11 is 0. The highest BCUT2D eigenvalue weighted by atomic mass is 16.2. The Morgan fingerprint density at radius 1 is 1.18 bits per heavy atom. The van der Waals surface area contributed by atoms with Gasteiger partial charge in [0, 0.05) is 29.7 Å². The van der Waals surface area contributed by atoms with Gasteiger partial charge in [-0.15, -0.1) is 0 Å². The minimum absolute atomic E-state index is 0.0716. The van der Waals surface area contributed by atoms with Crippen LogP contribution in [0.2, 0.25) is 0 Å². The minimum Gasteiger partial charge on any atom is -0.310 e. The van der Waals surface area contributed by atoms with E-state index in [1.807, 2.05) is 51.1 Å². The van der Waals surface area contributed by atoms with Gasteiger partial charge in [0.15, 0.2) is 0 Å². The molecule has 4 rings (SSSR count). The van der Waals surface area contributed by atoms with Gasteiger partial charge in [0.25, 0.3) is 5.56 Å². The van der Waals surface area contributed by atoms with Gasteiger partial charge in [0.05, 0.1) is 5.69 Å². The number of rotatable bonds is 4. The summed E-state index contributed by atoms with van der Waals surface area (Å²) in [5.41, 5.74) is 4.22. The van der Waals surface area contributed by atoms with Crippen molar-refractivity contribution in [1.29, 1.82) is 0 Å². The molecule has 3 aromatic rings. The van der Waals surface area contributed by atoms with Crippen molar-refractivity contribution in [2.45, 2.75) is 40.2 Å². The van der Waals surface area contributed by atoms with E-state index < -0.39 is 0 Å². The van der Waals surface area contributed by atoms with Gasteiger partial charge >= 0.3 is 0 Å². The van der Waals surface area contributed by atoms with Crippen molar-refractivity contribution in [3.05, 3.63) is 69.4 Å². The molecule has 0 bridgehead atoms. The number of anilines is 1. The number of benzene rings is 1. The molecule has 0 aliphatic carbocycles. The molecule has 0 saturated heterocycles. The van der Waals surface area contributed by atoms with Crippen LogP contribution in [0.1, 0.15) is 29.6 Å². The standard InChI is InChI=1S/C21H23N5O2/c1-4-17-12-19(27)25(21(22-17)26-15(3)11-14(2)23-26)13-20(28)24-10-9-16-7-5-6-8-18(16)24/h5-8,11-12H,4,9-10,13H2,1-3H3. The SMILES string of the molecule is CCc1cc(=O)n(CC(=O)N2CCc3ccccc32)c(-n2nc(C)cc2C)n1. The number of hydrogen-bond donors (Lipinski definition) is 0. The maximum atomic E-state index is 13.1. The molecule has 7 heteroatoms. The van der Waals surface area contributed by atoms with Gasteiger partial charge in [-0.1, -0.05) is 25.1 Å². The molecule has 0 fully saturated rings. The van der Waals surface area contributed by atoms with E-state index in [4.69, 9.17) is 0 Å². The quantitative estimate of drug-likeness (QED) is 0.699. The van der Waals surface area contributed by atoms with E-state index >= 15 is 0 Å². The van der Waals surface area contributed by atoms with Crippen LogP contribution < -0.4 is 10.5 Å². The number of para-hydroxylation sites is 1. The summed E-state index contributed by atoms with van der Waals surface area (Å²) in [5, 5.41) is 4.47. The lowest BCUT2D eigenvalue weighted by Gasteiger charge is -2.19. The summed E-state index contributed by atoms with van der Waals surface area (Å²) in [6.07, 6.45) is 1.46. The summed E-state index contributed by atoms with van der Waals surface area (Å²) in [5.74, 6) is 0.261.